The van der Waals surface area contributed by atoms with Gasteiger partial charge in [-0.05, 0) is 0 Å². The number of hydrogen-bond acceptors (Lipinski definition) is 7. The quantitative estimate of drug-likeness (QED) is 0.641. The first-order valence-electron chi connectivity index (χ1n) is 5.54. The number of amides is 1. The van der Waals surface area contributed by atoms with Crippen LogP contribution < -0.4 is 5.32 Å². The average molecular weight is 272 g/mol. The van der Waals surface area contributed by atoms with E-state index in [1.54, 1.807) is 6.92 Å². The van der Waals surface area contributed by atoms with Gasteiger partial charge in [-0.25, -0.2) is 0 Å². The van der Waals surface area contributed by atoms with Gasteiger partial charge in [0.15, 0.2) is 0 Å². The first-order chi connectivity index (χ1) is 9.01. The van der Waals surface area contributed by atoms with E-state index in [0.29, 0.717) is 19.0 Å². The molecular formula is C10H16N4O5. The lowest BCUT2D eigenvalue weighted by Crippen LogP contribution is -2.38. The second kappa shape index (κ2) is 7.44. The van der Waals surface area contributed by atoms with Crippen LogP contribution >= 0.6 is 0 Å². The van der Waals surface area contributed by atoms with Crippen LogP contribution in [0.15, 0.2) is 4.42 Å². The number of aromatic nitrogens is 2. The Labute approximate surface area is 109 Å². The van der Waals surface area contributed by atoms with Crippen LogP contribution in [0.2, 0.25) is 0 Å². The maximum Gasteiger partial charge on any atom is 0.322 e. The Balaban J connectivity index is 2.47. The van der Waals surface area contributed by atoms with Crippen LogP contribution in [0.25, 0.3) is 0 Å². The van der Waals surface area contributed by atoms with Crippen molar-refractivity contribution in [1.29, 1.82) is 0 Å². The average Bonchev–Trinajstić information content (AvgIpc) is 2.70. The van der Waals surface area contributed by atoms with Crippen molar-refractivity contribution in [2.75, 3.05) is 38.7 Å². The summed E-state index contributed by atoms with van der Waals surface area (Å²) < 4.78 is 9.83. The third kappa shape index (κ3) is 5.93. The number of aliphatic carboxylic acids is 1. The molecule has 1 aromatic rings. The van der Waals surface area contributed by atoms with Crippen molar-refractivity contribution in [3.05, 3.63) is 5.89 Å². The zero-order valence-corrected chi connectivity index (χ0v) is 10.8. The van der Waals surface area contributed by atoms with Gasteiger partial charge in [-0.1, -0.05) is 5.10 Å². The Bertz CT molecular complexity index is 433. The van der Waals surface area contributed by atoms with Gasteiger partial charge < -0.3 is 14.3 Å². The molecule has 0 saturated carbocycles. The summed E-state index contributed by atoms with van der Waals surface area (Å²) in [7, 11) is 1.50. The number of hydrogen-bond donors (Lipinski definition) is 2. The number of ether oxygens (including phenoxy) is 1. The lowest BCUT2D eigenvalue weighted by Gasteiger charge is -2.18. The number of anilines is 1. The Morgan fingerprint density at radius 3 is 2.68 bits per heavy atom. The fraction of sp³-hybridized carbons (Fsp3) is 0.600. The minimum atomic E-state index is -1.02. The topological polar surface area (TPSA) is 118 Å². The van der Waals surface area contributed by atoms with E-state index < -0.39 is 11.9 Å². The van der Waals surface area contributed by atoms with E-state index in [9.17, 15) is 9.59 Å². The summed E-state index contributed by atoms with van der Waals surface area (Å²) in [5.41, 5.74) is 0. The van der Waals surface area contributed by atoms with E-state index in [0.717, 1.165) is 0 Å². The van der Waals surface area contributed by atoms with Gasteiger partial charge in [0, 0.05) is 20.6 Å². The summed E-state index contributed by atoms with van der Waals surface area (Å²) in [4.78, 5) is 23.8. The van der Waals surface area contributed by atoms with Crippen LogP contribution in [-0.4, -0.2) is 65.4 Å². The number of carbonyl (C=O) groups is 2. The van der Waals surface area contributed by atoms with Crippen LogP contribution in [0.5, 0.6) is 0 Å². The number of aryl methyl sites for hydroxylation is 1. The number of carboxylic acid groups (broad SMARTS) is 1. The molecule has 0 fully saturated rings. The second-order valence-electron chi connectivity index (χ2n) is 3.77. The van der Waals surface area contributed by atoms with Crippen molar-refractivity contribution in [3.63, 3.8) is 0 Å². The molecule has 0 aliphatic heterocycles. The third-order valence-electron chi connectivity index (χ3n) is 2.11. The van der Waals surface area contributed by atoms with Crippen molar-refractivity contribution in [2.24, 2.45) is 0 Å². The van der Waals surface area contributed by atoms with Gasteiger partial charge in [0.1, 0.15) is 0 Å². The van der Waals surface area contributed by atoms with Gasteiger partial charge in [-0.3, -0.25) is 19.8 Å². The van der Waals surface area contributed by atoms with Gasteiger partial charge in [0.05, 0.1) is 19.7 Å². The SMILES string of the molecule is COCCN(CC(=O)O)CC(=O)Nc1nnc(C)o1. The molecule has 1 aromatic heterocycles. The molecule has 9 nitrogen and oxygen atoms in total. The van der Waals surface area contributed by atoms with Crippen LogP contribution in [-0.2, 0) is 14.3 Å². The van der Waals surface area contributed by atoms with E-state index in [1.807, 2.05) is 0 Å². The lowest BCUT2D eigenvalue weighted by atomic mass is 10.4. The van der Waals surface area contributed by atoms with Crippen molar-refractivity contribution < 1.29 is 23.8 Å². The molecule has 0 spiro atoms. The molecule has 0 aliphatic rings. The minimum Gasteiger partial charge on any atom is -0.480 e. The Kier molecular flexibility index (Phi) is 5.90. The Morgan fingerprint density at radius 1 is 1.42 bits per heavy atom. The molecule has 9 heteroatoms. The molecule has 19 heavy (non-hydrogen) atoms. The molecule has 0 radical (unpaired) electrons. The van der Waals surface area contributed by atoms with E-state index in [2.05, 4.69) is 15.5 Å². The van der Waals surface area contributed by atoms with Crippen molar-refractivity contribution in [2.45, 2.75) is 6.92 Å². The molecule has 1 heterocycles. The highest BCUT2D eigenvalue weighted by Gasteiger charge is 2.15. The Morgan fingerprint density at radius 2 is 2.16 bits per heavy atom. The summed E-state index contributed by atoms with van der Waals surface area (Å²) >= 11 is 0. The number of nitrogens with zero attached hydrogens (tertiary/aromatic N) is 3. The first kappa shape index (κ1) is 15.1. The monoisotopic (exact) mass is 272 g/mol. The molecule has 2 N–H and O–H groups in total. The Hall–Kier alpha value is -2.00. The van der Waals surface area contributed by atoms with Gasteiger partial charge in [-0.2, -0.15) is 0 Å². The van der Waals surface area contributed by atoms with E-state index in [1.165, 1.54) is 12.0 Å². The standard InChI is InChI=1S/C10H16N4O5/c1-7-12-13-10(19-7)11-8(15)5-14(3-4-18-2)6-9(16)17/h3-6H2,1-2H3,(H,16,17)(H,11,13,15). The fourth-order valence-corrected chi connectivity index (χ4v) is 1.33. The highest BCUT2D eigenvalue weighted by atomic mass is 16.5. The molecule has 0 bridgehead atoms. The molecule has 0 atom stereocenters. The molecule has 1 rings (SSSR count). The molecule has 0 unspecified atom stereocenters. The molecular weight excluding hydrogens is 256 g/mol. The first-order valence-corrected chi connectivity index (χ1v) is 5.54. The maximum absolute atomic E-state index is 11.7. The van der Waals surface area contributed by atoms with Gasteiger partial charge >= 0.3 is 12.0 Å². The largest absolute Gasteiger partial charge is 0.480 e. The normalized spacial score (nSPS) is 10.7. The van der Waals surface area contributed by atoms with Crippen molar-refractivity contribution >= 4 is 17.9 Å². The zero-order valence-electron chi connectivity index (χ0n) is 10.8. The maximum atomic E-state index is 11.7. The van der Waals surface area contributed by atoms with Gasteiger partial charge in [0.2, 0.25) is 11.8 Å². The number of carbonyl (C=O) groups excluding carboxylic acids is 1. The van der Waals surface area contributed by atoms with Crippen LogP contribution in [0.1, 0.15) is 5.89 Å². The summed E-state index contributed by atoms with van der Waals surface area (Å²) in [5, 5.41) is 18.3. The summed E-state index contributed by atoms with van der Waals surface area (Å²) in [5.74, 6) is -1.12. The van der Waals surface area contributed by atoms with Crippen molar-refractivity contribution in [1.82, 2.24) is 15.1 Å². The molecule has 0 aromatic carbocycles. The number of carboxylic acids is 1. The fourth-order valence-electron chi connectivity index (χ4n) is 1.33. The third-order valence-corrected chi connectivity index (χ3v) is 2.11. The van der Waals surface area contributed by atoms with Crippen LogP contribution in [0.3, 0.4) is 0 Å². The predicted molar refractivity (Wildman–Crippen MR) is 63.6 cm³/mol. The zero-order chi connectivity index (χ0) is 14.3. The van der Waals surface area contributed by atoms with Crippen LogP contribution in [0, 0.1) is 6.92 Å². The van der Waals surface area contributed by atoms with E-state index in [-0.39, 0.29) is 19.1 Å². The molecule has 106 valence electrons. The molecule has 0 aliphatic carbocycles. The van der Waals surface area contributed by atoms with Crippen LogP contribution in [0.4, 0.5) is 6.01 Å². The summed E-state index contributed by atoms with van der Waals surface area (Å²) in [6.45, 7) is 1.91. The van der Waals surface area contributed by atoms with Crippen molar-refractivity contribution in [3.8, 4) is 0 Å². The lowest BCUT2D eigenvalue weighted by molar-refractivity contribution is -0.138. The highest BCUT2D eigenvalue weighted by Crippen LogP contribution is 2.03. The van der Waals surface area contributed by atoms with E-state index >= 15 is 0 Å². The van der Waals surface area contributed by atoms with Gasteiger partial charge in [-0.15, -0.1) is 5.10 Å². The number of rotatable bonds is 8. The summed E-state index contributed by atoms with van der Waals surface area (Å²) in [6, 6.07) is -0.00971. The van der Waals surface area contributed by atoms with Gasteiger partial charge in [0.25, 0.3) is 0 Å². The summed E-state index contributed by atoms with van der Waals surface area (Å²) in [6.07, 6.45) is 0. The smallest absolute Gasteiger partial charge is 0.322 e. The number of nitrogens with one attached hydrogen (secondary N) is 1. The van der Waals surface area contributed by atoms with E-state index in [4.69, 9.17) is 14.3 Å². The highest BCUT2D eigenvalue weighted by molar-refractivity contribution is 5.90. The second-order valence-corrected chi connectivity index (χ2v) is 3.77. The number of methoxy groups -OCH3 is 1. The molecule has 0 saturated heterocycles. The minimum absolute atomic E-state index is 0.00971. The molecule has 1 amide bonds. The predicted octanol–water partition coefficient (Wildman–Crippen LogP) is -0.650.